The van der Waals surface area contributed by atoms with Gasteiger partial charge in [-0.05, 0) is 43.0 Å². The van der Waals surface area contributed by atoms with Crippen molar-refractivity contribution in [1.82, 2.24) is 9.55 Å². The van der Waals surface area contributed by atoms with Crippen molar-refractivity contribution in [1.29, 1.82) is 0 Å². The highest BCUT2D eigenvalue weighted by atomic mass is 32.2. The fourth-order valence-electron chi connectivity index (χ4n) is 3.93. The normalized spacial score (nSPS) is 13.2. The lowest BCUT2D eigenvalue weighted by atomic mass is 10.0. The summed E-state index contributed by atoms with van der Waals surface area (Å²) < 4.78 is 1.66. The molecule has 0 fully saturated rings. The number of aryl methyl sites for hydroxylation is 1. The third kappa shape index (κ3) is 4.38. The number of rotatable bonds is 7. The largest absolute Gasteiger partial charge is 0.311 e. The summed E-state index contributed by atoms with van der Waals surface area (Å²) in [6, 6.07) is 11.9. The van der Waals surface area contributed by atoms with Crippen LogP contribution in [-0.2, 0) is 17.8 Å². The van der Waals surface area contributed by atoms with Gasteiger partial charge in [-0.15, -0.1) is 0 Å². The molecule has 2 heterocycles. The molecule has 0 aliphatic carbocycles. The summed E-state index contributed by atoms with van der Waals surface area (Å²) >= 11 is 1.26. The Morgan fingerprint density at radius 1 is 1.25 bits per heavy atom. The van der Waals surface area contributed by atoms with Crippen molar-refractivity contribution in [3.05, 3.63) is 68.5 Å². The van der Waals surface area contributed by atoms with E-state index in [0.717, 1.165) is 30.5 Å². The maximum Gasteiger partial charge on any atom is 0.269 e. The minimum atomic E-state index is -0.419. The van der Waals surface area contributed by atoms with Crippen LogP contribution < -0.4 is 10.5 Å². The maximum absolute atomic E-state index is 13.1. The van der Waals surface area contributed by atoms with Crippen LogP contribution in [0.4, 0.5) is 11.4 Å². The summed E-state index contributed by atoms with van der Waals surface area (Å²) in [5.74, 6) is 0.0297. The Kier molecular flexibility index (Phi) is 6.55. The molecule has 1 aromatic heterocycles. The van der Waals surface area contributed by atoms with Crippen LogP contribution in [0, 0.1) is 10.1 Å². The highest BCUT2D eigenvalue weighted by molar-refractivity contribution is 7.99. The van der Waals surface area contributed by atoms with Gasteiger partial charge in [0, 0.05) is 30.9 Å². The molecule has 2 aromatic carbocycles. The first-order valence-electron chi connectivity index (χ1n) is 10.7. The number of non-ortho nitro benzene ring substituents is 1. The molecule has 4 rings (SSSR count). The van der Waals surface area contributed by atoms with E-state index in [0.29, 0.717) is 35.6 Å². The first kappa shape index (κ1) is 22.0. The number of para-hydroxylation sites is 1. The van der Waals surface area contributed by atoms with Crippen LogP contribution in [0.15, 0.2) is 52.4 Å². The summed E-state index contributed by atoms with van der Waals surface area (Å²) in [6.07, 6.45) is 3.25. The lowest BCUT2D eigenvalue weighted by Crippen LogP contribution is -2.37. The number of carbonyl (C=O) groups is 1. The summed E-state index contributed by atoms with van der Waals surface area (Å²) in [4.78, 5) is 43.1. The average molecular weight is 453 g/mol. The van der Waals surface area contributed by atoms with Crippen molar-refractivity contribution in [2.75, 3.05) is 17.2 Å². The van der Waals surface area contributed by atoms with Gasteiger partial charge in [0.2, 0.25) is 5.91 Å². The number of amides is 1. The molecule has 0 N–H and O–H groups in total. The quantitative estimate of drug-likeness (QED) is 0.231. The van der Waals surface area contributed by atoms with Gasteiger partial charge in [-0.25, -0.2) is 4.98 Å². The molecular formula is C23H24N4O4S. The van der Waals surface area contributed by atoms with E-state index in [1.165, 1.54) is 17.8 Å². The Balaban J connectivity index is 1.58. The number of unbranched alkanes of at least 4 members (excludes halogenated alkanes) is 1. The fraction of sp³-hybridized carbons (Fsp3) is 0.348. The summed E-state index contributed by atoms with van der Waals surface area (Å²) in [6.45, 7) is 3.19. The predicted octanol–water partition coefficient (Wildman–Crippen LogP) is 4.18. The van der Waals surface area contributed by atoms with E-state index in [1.807, 2.05) is 12.1 Å². The van der Waals surface area contributed by atoms with Crippen molar-refractivity contribution in [2.24, 2.45) is 0 Å². The lowest BCUT2D eigenvalue weighted by Gasteiger charge is -2.29. The molecule has 166 valence electrons. The van der Waals surface area contributed by atoms with Gasteiger partial charge < -0.3 is 4.90 Å². The molecule has 1 amide bonds. The average Bonchev–Trinajstić information content (AvgIpc) is 2.81. The van der Waals surface area contributed by atoms with Crippen LogP contribution in [0.2, 0.25) is 0 Å². The molecule has 0 atom stereocenters. The van der Waals surface area contributed by atoms with Crippen LogP contribution in [0.5, 0.6) is 0 Å². The Morgan fingerprint density at radius 2 is 2.06 bits per heavy atom. The van der Waals surface area contributed by atoms with Gasteiger partial charge in [0.25, 0.3) is 11.2 Å². The third-order valence-corrected chi connectivity index (χ3v) is 6.54. The van der Waals surface area contributed by atoms with Gasteiger partial charge in [0.1, 0.15) is 0 Å². The van der Waals surface area contributed by atoms with E-state index in [-0.39, 0.29) is 22.9 Å². The fourth-order valence-corrected chi connectivity index (χ4v) is 4.83. The molecule has 0 unspecified atom stereocenters. The van der Waals surface area contributed by atoms with Gasteiger partial charge in [0.15, 0.2) is 5.16 Å². The second kappa shape index (κ2) is 9.52. The number of hydrogen-bond acceptors (Lipinski definition) is 6. The van der Waals surface area contributed by atoms with Gasteiger partial charge in [-0.2, -0.15) is 0 Å². The Hall–Kier alpha value is -3.20. The highest BCUT2D eigenvalue weighted by Gasteiger charge is 2.25. The minimum Gasteiger partial charge on any atom is -0.311 e. The molecule has 9 heteroatoms. The summed E-state index contributed by atoms with van der Waals surface area (Å²) in [5.41, 5.74) is 2.10. The molecule has 0 bridgehead atoms. The third-order valence-electron chi connectivity index (χ3n) is 5.58. The number of nitrogens with zero attached hydrogens (tertiary/aromatic N) is 4. The molecule has 8 nitrogen and oxygen atoms in total. The van der Waals surface area contributed by atoms with Gasteiger partial charge >= 0.3 is 0 Å². The molecule has 32 heavy (non-hydrogen) atoms. The molecule has 0 spiro atoms. The van der Waals surface area contributed by atoms with Crippen LogP contribution >= 0.6 is 11.8 Å². The molecule has 1 aliphatic rings. The standard InChI is InChI=1S/C23H24N4O4S/c1-2-3-12-26-22(29)18-8-4-5-9-19(18)24-23(26)32-15-21(28)25-13-6-7-16-14-17(27(30)31)10-11-20(16)25/h4-5,8-11,14H,2-3,6-7,12-13,15H2,1H3. The SMILES string of the molecule is CCCCn1c(SCC(=O)N2CCCc3cc([N+](=O)[O-])ccc32)nc2ccccc2c1=O. The van der Waals surface area contributed by atoms with Crippen molar-refractivity contribution >= 4 is 39.9 Å². The summed E-state index contributed by atoms with van der Waals surface area (Å²) in [7, 11) is 0. The zero-order chi connectivity index (χ0) is 22.7. The van der Waals surface area contributed by atoms with Gasteiger partial charge in [-0.3, -0.25) is 24.3 Å². The van der Waals surface area contributed by atoms with E-state index in [9.17, 15) is 19.7 Å². The number of fused-ring (bicyclic) bond motifs is 2. The van der Waals surface area contributed by atoms with Crippen LogP contribution in [0.25, 0.3) is 10.9 Å². The van der Waals surface area contributed by atoms with Crippen LogP contribution in [0.1, 0.15) is 31.7 Å². The summed E-state index contributed by atoms with van der Waals surface area (Å²) in [5, 5.41) is 12.2. The number of carbonyl (C=O) groups excluding carboxylic acids is 1. The van der Waals surface area contributed by atoms with E-state index < -0.39 is 4.92 Å². The Labute approximate surface area is 189 Å². The number of nitro benzene ring substituents is 1. The van der Waals surface area contributed by atoms with E-state index in [2.05, 4.69) is 11.9 Å². The number of anilines is 1. The molecule has 0 radical (unpaired) electrons. The number of thioether (sulfide) groups is 1. The van der Waals surface area contributed by atoms with Crippen molar-refractivity contribution in [2.45, 2.75) is 44.3 Å². The number of hydrogen-bond donors (Lipinski definition) is 0. The molecule has 1 aliphatic heterocycles. The van der Waals surface area contributed by atoms with Crippen molar-refractivity contribution in [3.8, 4) is 0 Å². The lowest BCUT2D eigenvalue weighted by molar-refractivity contribution is -0.384. The smallest absolute Gasteiger partial charge is 0.269 e. The highest BCUT2D eigenvalue weighted by Crippen LogP contribution is 2.31. The topological polar surface area (TPSA) is 98.3 Å². The second-order valence-electron chi connectivity index (χ2n) is 7.73. The first-order valence-corrected chi connectivity index (χ1v) is 11.7. The Bertz CT molecular complexity index is 1240. The second-order valence-corrected chi connectivity index (χ2v) is 8.67. The van der Waals surface area contributed by atoms with Crippen LogP contribution in [0.3, 0.4) is 0 Å². The van der Waals surface area contributed by atoms with Gasteiger partial charge in [-0.1, -0.05) is 37.2 Å². The molecule has 0 saturated heterocycles. The van der Waals surface area contributed by atoms with Crippen LogP contribution in [-0.4, -0.2) is 32.7 Å². The molecule has 0 saturated carbocycles. The zero-order valence-corrected chi connectivity index (χ0v) is 18.6. The molecular weight excluding hydrogens is 428 g/mol. The monoisotopic (exact) mass is 452 g/mol. The van der Waals surface area contributed by atoms with Crippen molar-refractivity contribution in [3.63, 3.8) is 0 Å². The van der Waals surface area contributed by atoms with E-state index in [1.54, 1.807) is 33.7 Å². The molecule has 3 aromatic rings. The number of benzene rings is 2. The number of aromatic nitrogens is 2. The predicted molar refractivity (Wildman–Crippen MR) is 125 cm³/mol. The number of nitro groups is 1. The zero-order valence-electron chi connectivity index (χ0n) is 17.8. The van der Waals surface area contributed by atoms with Crippen molar-refractivity contribution < 1.29 is 9.72 Å². The maximum atomic E-state index is 13.1. The van der Waals surface area contributed by atoms with E-state index >= 15 is 0 Å². The Morgan fingerprint density at radius 3 is 2.84 bits per heavy atom. The minimum absolute atomic E-state index is 0.0349. The van der Waals surface area contributed by atoms with E-state index in [4.69, 9.17) is 0 Å². The first-order chi connectivity index (χ1) is 15.5. The van der Waals surface area contributed by atoms with Gasteiger partial charge in [0.05, 0.1) is 21.6 Å².